The number of nitrogens with zero attached hydrogens (tertiary/aromatic N) is 1. The van der Waals surface area contributed by atoms with Gasteiger partial charge in [0.15, 0.2) is 6.29 Å². The number of nitro benzene ring substituents is 1. The summed E-state index contributed by atoms with van der Waals surface area (Å²) in [5.41, 5.74) is -0.191. The SMILES string of the molecule is O=Cc1cccc(S)c1[N+](=O)[O-]. The lowest BCUT2D eigenvalue weighted by Gasteiger charge is -1.96. The number of thiol groups is 1. The Labute approximate surface area is 73.8 Å². The van der Waals surface area contributed by atoms with Gasteiger partial charge in [-0.1, -0.05) is 6.07 Å². The molecule has 1 aromatic rings. The van der Waals surface area contributed by atoms with Gasteiger partial charge in [-0.2, -0.15) is 0 Å². The molecule has 0 spiro atoms. The molecule has 5 heteroatoms. The lowest BCUT2D eigenvalue weighted by molar-refractivity contribution is -0.387. The average molecular weight is 183 g/mol. The number of nitro groups is 1. The second-order valence-electron chi connectivity index (χ2n) is 2.09. The minimum atomic E-state index is -0.619. The largest absolute Gasteiger partial charge is 0.298 e. The summed E-state index contributed by atoms with van der Waals surface area (Å²) in [4.78, 5) is 20.3. The van der Waals surface area contributed by atoms with Crippen LogP contribution in [0, 0.1) is 10.1 Å². The van der Waals surface area contributed by atoms with E-state index >= 15 is 0 Å². The van der Waals surface area contributed by atoms with Gasteiger partial charge in [0.25, 0.3) is 5.69 Å². The molecule has 0 aliphatic heterocycles. The maximum Gasteiger partial charge on any atom is 0.293 e. The monoisotopic (exact) mass is 183 g/mol. The van der Waals surface area contributed by atoms with E-state index < -0.39 is 4.92 Å². The van der Waals surface area contributed by atoms with Crippen molar-refractivity contribution in [3.63, 3.8) is 0 Å². The van der Waals surface area contributed by atoms with Crippen molar-refractivity contribution in [1.82, 2.24) is 0 Å². The smallest absolute Gasteiger partial charge is 0.293 e. The van der Waals surface area contributed by atoms with Crippen molar-refractivity contribution in [1.29, 1.82) is 0 Å². The molecule has 0 heterocycles. The number of carbonyl (C=O) groups excluding carboxylic acids is 1. The number of hydrogen-bond acceptors (Lipinski definition) is 4. The number of hydrogen-bond donors (Lipinski definition) is 1. The third-order valence-corrected chi connectivity index (χ3v) is 1.72. The molecule has 0 fully saturated rings. The van der Waals surface area contributed by atoms with Gasteiger partial charge in [-0.05, 0) is 12.1 Å². The summed E-state index contributed by atoms with van der Waals surface area (Å²) in [5, 5.41) is 10.4. The van der Waals surface area contributed by atoms with Crippen LogP contribution in [-0.2, 0) is 0 Å². The van der Waals surface area contributed by atoms with E-state index in [0.29, 0.717) is 6.29 Å². The predicted octanol–water partition coefficient (Wildman–Crippen LogP) is 1.70. The zero-order valence-electron chi connectivity index (χ0n) is 5.93. The minimum Gasteiger partial charge on any atom is -0.298 e. The van der Waals surface area contributed by atoms with E-state index in [4.69, 9.17) is 0 Å². The van der Waals surface area contributed by atoms with Gasteiger partial charge < -0.3 is 0 Å². The Balaban J connectivity index is 3.39. The summed E-state index contributed by atoms with van der Waals surface area (Å²) >= 11 is 3.86. The summed E-state index contributed by atoms with van der Waals surface area (Å²) in [7, 11) is 0. The molecule has 1 aromatic carbocycles. The van der Waals surface area contributed by atoms with Crippen LogP contribution in [0.1, 0.15) is 10.4 Å². The Hall–Kier alpha value is -1.36. The summed E-state index contributed by atoms with van der Waals surface area (Å²) in [6.07, 6.45) is 0.442. The number of aldehydes is 1. The molecule has 0 N–H and O–H groups in total. The van der Waals surface area contributed by atoms with Crippen LogP contribution in [-0.4, -0.2) is 11.2 Å². The van der Waals surface area contributed by atoms with Crippen LogP contribution in [0.15, 0.2) is 23.1 Å². The fraction of sp³-hybridized carbons (Fsp3) is 0. The zero-order valence-corrected chi connectivity index (χ0v) is 6.82. The number of para-hydroxylation sites is 1. The topological polar surface area (TPSA) is 60.2 Å². The molecule has 0 bridgehead atoms. The van der Waals surface area contributed by atoms with Crippen molar-refractivity contribution in [2.24, 2.45) is 0 Å². The van der Waals surface area contributed by atoms with Crippen LogP contribution < -0.4 is 0 Å². The molecule has 0 amide bonds. The highest BCUT2D eigenvalue weighted by molar-refractivity contribution is 7.80. The zero-order chi connectivity index (χ0) is 9.14. The van der Waals surface area contributed by atoms with Gasteiger partial charge in [-0.3, -0.25) is 14.9 Å². The Morgan fingerprint density at radius 1 is 1.50 bits per heavy atom. The maximum absolute atomic E-state index is 10.4. The fourth-order valence-electron chi connectivity index (χ4n) is 0.843. The van der Waals surface area contributed by atoms with Gasteiger partial charge >= 0.3 is 0 Å². The average Bonchev–Trinajstić information content (AvgIpc) is 2.03. The molecule has 4 nitrogen and oxygen atoms in total. The van der Waals surface area contributed by atoms with Crippen LogP contribution in [0.2, 0.25) is 0 Å². The van der Waals surface area contributed by atoms with Crippen molar-refractivity contribution in [2.75, 3.05) is 0 Å². The molecule has 0 atom stereocenters. The van der Waals surface area contributed by atoms with Crippen molar-refractivity contribution in [2.45, 2.75) is 4.90 Å². The van der Waals surface area contributed by atoms with E-state index in [1.807, 2.05) is 0 Å². The van der Waals surface area contributed by atoms with E-state index in [1.54, 1.807) is 6.07 Å². The van der Waals surface area contributed by atoms with Crippen molar-refractivity contribution in [3.8, 4) is 0 Å². The van der Waals surface area contributed by atoms with Crippen LogP contribution in [0.4, 0.5) is 5.69 Å². The predicted molar refractivity (Wildman–Crippen MR) is 45.7 cm³/mol. The van der Waals surface area contributed by atoms with Crippen LogP contribution in [0.3, 0.4) is 0 Å². The van der Waals surface area contributed by atoms with E-state index in [-0.39, 0.29) is 16.1 Å². The van der Waals surface area contributed by atoms with Crippen molar-refractivity contribution < 1.29 is 9.72 Å². The van der Waals surface area contributed by atoms with Gasteiger partial charge in [0.2, 0.25) is 0 Å². The molecule has 12 heavy (non-hydrogen) atoms. The Bertz CT molecular complexity index is 337. The van der Waals surface area contributed by atoms with Gasteiger partial charge in [0, 0.05) is 0 Å². The van der Waals surface area contributed by atoms with Crippen LogP contribution in [0.5, 0.6) is 0 Å². The molecule has 0 saturated carbocycles. The first-order chi connectivity index (χ1) is 5.66. The molecule has 0 aromatic heterocycles. The Morgan fingerprint density at radius 3 is 2.58 bits per heavy atom. The minimum absolute atomic E-state index is 0.0486. The maximum atomic E-state index is 10.4. The van der Waals surface area contributed by atoms with Crippen LogP contribution >= 0.6 is 12.6 Å². The summed E-state index contributed by atoms with van der Waals surface area (Å²) < 4.78 is 0. The normalized spacial score (nSPS) is 9.42. The first kappa shape index (κ1) is 8.73. The Kier molecular flexibility index (Phi) is 2.44. The Morgan fingerprint density at radius 2 is 2.17 bits per heavy atom. The lowest BCUT2D eigenvalue weighted by atomic mass is 10.2. The van der Waals surface area contributed by atoms with E-state index in [1.165, 1.54) is 12.1 Å². The van der Waals surface area contributed by atoms with Crippen molar-refractivity contribution in [3.05, 3.63) is 33.9 Å². The summed E-state index contributed by atoms with van der Waals surface area (Å²) in [6.45, 7) is 0. The van der Waals surface area contributed by atoms with Crippen molar-refractivity contribution >= 4 is 24.6 Å². The highest BCUT2D eigenvalue weighted by Gasteiger charge is 2.15. The lowest BCUT2D eigenvalue weighted by Crippen LogP contribution is -1.94. The molecular weight excluding hydrogens is 178 g/mol. The molecule has 0 saturated heterocycles. The van der Waals surface area contributed by atoms with E-state index in [9.17, 15) is 14.9 Å². The first-order valence-corrected chi connectivity index (χ1v) is 3.53. The van der Waals surface area contributed by atoms with Gasteiger partial charge in [0.1, 0.15) is 0 Å². The molecular formula is C7H5NO3S. The molecule has 0 aliphatic rings. The second-order valence-corrected chi connectivity index (χ2v) is 2.57. The van der Waals surface area contributed by atoms with Gasteiger partial charge in [-0.15, -0.1) is 12.6 Å². The summed E-state index contributed by atoms with van der Waals surface area (Å²) in [5.74, 6) is 0. The third kappa shape index (κ3) is 1.45. The number of carbonyl (C=O) groups is 1. The highest BCUT2D eigenvalue weighted by atomic mass is 32.1. The summed E-state index contributed by atoms with van der Waals surface area (Å²) in [6, 6.07) is 4.39. The van der Waals surface area contributed by atoms with Crippen LogP contribution in [0.25, 0.3) is 0 Å². The van der Waals surface area contributed by atoms with Gasteiger partial charge in [-0.25, -0.2) is 0 Å². The second kappa shape index (κ2) is 3.36. The number of rotatable bonds is 2. The molecule has 0 radical (unpaired) electrons. The first-order valence-electron chi connectivity index (χ1n) is 3.08. The van der Waals surface area contributed by atoms with E-state index in [2.05, 4.69) is 12.6 Å². The van der Waals surface area contributed by atoms with E-state index in [0.717, 1.165) is 0 Å². The van der Waals surface area contributed by atoms with Gasteiger partial charge in [0.05, 0.1) is 15.4 Å². The fourth-order valence-corrected chi connectivity index (χ4v) is 1.14. The third-order valence-electron chi connectivity index (χ3n) is 1.36. The molecule has 1 rings (SSSR count). The highest BCUT2D eigenvalue weighted by Crippen LogP contribution is 2.24. The molecule has 0 unspecified atom stereocenters. The quantitative estimate of drug-likeness (QED) is 0.328. The molecule has 0 aliphatic carbocycles. The molecule has 62 valence electrons. The number of benzene rings is 1. The standard InChI is InChI=1S/C7H5NO3S/c9-4-5-2-1-3-6(12)7(5)8(10)11/h1-4,12H.